The van der Waals surface area contributed by atoms with Crippen molar-refractivity contribution in [2.45, 2.75) is 78.4 Å². The topological polar surface area (TPSA) is 97.3 Å². The molecule has 0 spiro atoms. The molecule has 0 radical (unpaired) electrons. The van der Waals surface area contributed by atoms with Crippen LogP contribution in [0.1, 0.15) is 59.9 Å². The van der Waals surface area contributed by atoms with Gasteiger partial charge in [0.2, 0.25) is 5.37 Å². The maximum Gasteiger partial charge on any atom is 0.342 e. The van der Waals surface area contributed by atoms with Crippen LogP contribution in [0.25, 0.3) is 0 Å². The van der Waals surface area contributed by atoms with Crippen molar-refractivity contribution in [1.29, 1.82) is 0 Å². The Morgan fingerprint density at radius 2 is 1.82 bits per heavy atom. The normalized spacial score (nSPS) is 17.8. The molecule has 9 heteroatoms. The smallest absolute Gasteiger partial charge is 0.342 e. The lowest BCUT2D eigenvalue weighted by atomic mass is 9.99. The predicted molar refractivity (Wildman–Crippen MR) is 129 cm³/mol. The van der Waals surface area contributed by atoms with E-state index in [0.717, 1.165) is 12.0 Å². The van der Waals surface area contributed by atoms with Crippen LogP contribution in [0.15, 0.2) is 35.4 Å². The molecular formula is C24H35N3O5S. The van der Waals surface area contributed by atoms with Crippen LogP contribution in [0, 0.1) is 5.41 Å². The van der Waals surface area contributed by atoms with E-state index in [1.807, 2.05) is 58.0 Å². The first kappa shape index (κ1) is 26.9. The lowest BCUT2D eigenvalue weighted by Gasteiger charge is -2.25. The second-order valence-corrected chi connectivity index (χ2v) is 9.95. The summed E-state index contributed by atoms with van der Waals surface area (Å²) in [5.74, 6) is -1.34. The Morgan fingerprint density at radius 3 is 2.39 bits per heavy atom. The molecule has 0 saturated carbocycles. The number of amides is 1. The summed E-state index contributed by atoms with van der Waals surface area (Å²) >= 11 is 1.22. The number of ether oxygens (including phenoxy) is 2. The van der Waals surface area contributed by atoms with E-state index in [9.17, 15) is 14.4 Å². The van der Waals surface area contributed by atoms with Gasteiger partial charge in [-0.1, -0.05) is 76.2 Å². The summed E-state index contributed by atoms with van der Waals surface area (Å²) in [5, 5.41) is 8.46. The van der Waals surface area contributed by atoms with E-state index >= 15 is 0 Å². The maximum absolute atomic E-state index is 13.3. The summed E-state index contributed by atoms with van der Waals surface area (Å²) in [6.07, 6.45) is 1.28. The van der Waals surface area contributed by atoms with Crippen LogP contribution in [0.4, 0.5) is 0 Å². The zero-order valence-electron chi connectivity index (χ0n) is 20.3. The van der Waals surface area contributed by atoms with Gasteiger partial charge < -0.3 is 9.47 Å². The van der Waals surface area contributed by atoms with Crippen LogP contribution < -0.4 is 5.32 Å². The minimum Gasteiger partial charge on any atom is -0.465 e. The summed E-state index contributed by atoms with van der Waals surface area (Å²) in [5.41, 5.74) is 0.514. The third-order valence-electron chi connectivity index (χ3n) is 4.91. The van der Waals surface area contributed by atoms with E-state index in [0.29, 0.717) is 11.5 Å². The van der Waals surface area contributed by atoms with Gasteiger partial charge in [0.25, 0.3) is 5.91 Å². The van der Waals surface area contributed by atoms with Crippen LogP contribution in [-0.2, 0) is 30.5 Å². The van der Waals surface area contributed by atoms with Crippen molar-refractivity contribution in [1.82, 2.24) is 10.3 Å². The van der Waals surface area contributed by atoms with Crippen LogP contribution in [0.5, 0.6) is 0 Å². The Balaban J connectivity index is 2.16. The van der Waals surface area contributed by atoms with E-state index in [4.69, 9.17) is 9.47 Å². The molecule has 0 fully saturated rings. The fraction of sp³-hybridized carbons (Fsp3) is 0.583. The number of esters is 2. The number of carbonyl (C=O) groups excluding carboxylic acids is 3. The molecule has 0 aromatic heterocycles. The molecule has 1 aliphatic heterocycles. The van der Waals surface area contributed by atoms with Gasteiger partial charge in [-0.05, 0) is 25.8 Å². The molecule has 3 atom stereocenters. The van der Waals surface area contributed by atoms with Crippen LogP contribution in [0.3, 0.4) is 0 Å². The maximum atomic E-state index is 13.3. The predicted octanol–water partition coefficient (Wildman–Crippen LogP) is 3.70. The minimum absolute atomic E-state index is 0.110. The van der Waals surface area contributed by atoms with Crippen molar-refractivity contribution < 1.29 is 23.9 Å². The monoisotopic (exact) mass is 477 g/mol. The van der Waals surface area contributed by atoms with Gasteiger partial charge in [0.15, 0.2) is 0 Å². The SMILES string of the molecule is CCC[C@H](N[C@@H](C)C(=O)N1N=C(C(C)(C)C)S[C@@H]1C(=O)OCc1ccccc1)C(=O)OCC. The highest BCUT2D eigenvalue weighted by molar-refractivity contribution is 8.15. The first-order valence-corrected chi connectivity index (χ1v) is 12.2. The summed E-state index contributed by atoms with van der Waals surface area (Å²) in [7, 11) is 0. The van der Waals surface area contributed by atoms with E-state index in [1.165, 1.54) is 16.8 Å². The molecule has 0 saturated heterocycles. The van der Waals surface area contributed by atoms with Crippen molar-refractivity contribution in [2.75, 3.05) is 6.61 Å². The molecule has 1 heterocycles. The van der Waals surface area contributed by atoms with Gasteiger partial charge in [-0.3, -0.25) is 14.9 Å². The Bertz CT molecular complexity index is 853. The molecule has 2 rings (SSSR count). The molecular weight excluding hydrogens is 442 g/mol. The number of benzene rings is 1. The second-order valence-electron chi connectivity index (χ2n) is 8.88. The van der Waals surface area contributed by atoms with Gasteiger partial charge >= 0.3 is 11.9 Å². The minimum atomic E-state index is -0.924. The fourth-order valence-electron chi connectivity index (χ4n) is 3.14. The zero-order valence-corrected chi connectivity index (χ0v) is 21.1. The van der Waals surface area contributed by atoms with E-state index in [2.05, 4.69) is 10.4 Å². The summed E-state index contributed by atoms with van der Waals surface area (Å²) in [6, 6.07) is 7.99. The van der Waals surface area contributed by atoms with Gasteiger partial charge in [-0.15, -0.1) is 0 Å². The van der Waals surface area contributed by atoms with Crippen molar-refractivity contribution in [3.8, 4) is 0 Å². The molecule has 8 nitrogen and oxygen atoms in total. The number of rotatable bonds is 10. The lowest BCUT2D eigenvalue weighted by molar-refractivity contribution is -0.153. The highest BCUT2D eigenvalue weighted by Crippen LogP contribution is 2.36. The van der Waals surface area contributed by atoms with Crippen LogP contribution in [0.2, 0.25) is 0 Å². The van der Waals surface area contributed by atoms with Gasteiger partial charge in [-0.25, -0.2) is 9.80 Å². The molecule has 182 valence electrons. The quantitative estimate of drug-likeness (QED) is 0.513. The van der Waals surface area contributed by atoms with Gasteiger partial charge in [0.1, 0.15) is 17.7 Å². The van der Waals surface area contributed by atoms with Crippen LogP contribution in [-0.4, -0.2) is 52.0 Å². The number of nitrogens with zero attached hydrogens (tertiary/aromatic N) is 2. The molecule has 0 bridgehead atoms. The number of nitrogens with one attached hydrogen (secondary N) is 1. The lowest BCUT2D eigenvalue weighted by Crippen LogP contribution is -2.52. The molecule has 1 amide bonds. The number of carbonyl (C=O) groups is 3. The summed E-state index contributed by atoms with van der Waals surface area (Å²) in [4.78, 5) is 38.5. The van der Waals surface area contributed by atoms with Crippen molar-refractivity contribution in [3.63, 3.8) is 0 Å². The molecule has 0 unspecified atom stereocenters. The highest BCUT2D eigenvalue weighted by Gasteiger charge is 2.43. The molecule has 0 aliphatic carbocycles. The number of thioether (sulfide) groups is 1. The van der Waals surface area contributed by atoms with Crippen molar-refractivity contribution >= 4 is 34.7 Å². The van der Waals surface area contributed by atoms with E-state index < -0.39 is 35.3 Å². The summed E-state index contributed by atoms with van der Waals surface area (Å²) in [6.45, 7) is 11.6. The summed E-state index contributed by atoms with van der Waals surface area (Å²) < 4.78 is 10.6. The Kier molecular flexibility index (Phi) is 9.91. The van der Waals surface area contributed by atoms with E-state index in [1.54, 1.807) is 13.8 Å². The second kappa shape index (κ2) is 12.2. The highest BCUT2D eigenvalue weighted by atomic mass is 32.2. The first-order valence-electron chi connectivity index (χ1n) is 11.3. The largest absolute Gasteiger partial charge is 0.465 e. The standard InChI is InChI=1S/C24H35N3O5S/c1-7-12-18(21(29)31-8-2)25-16(3)19(28)27-20(33-23(26-27)24(4,5)6)22(30)32-15-17-13-10-9-11-14-17/h9-11,13-14,16,18,20,25H,7-8,12,15H2,1-6H3/t16-,18-,20+/m0/s1. The molecule has 1 aromatic carbocycles. The average Bonchev–Trinajstić information content (AvgIpc) is 3.23. The van der Waals surface area contributed by atoms with E-state index in [-0.39, 0.29) is 18.6 Å². The molecule has 1 aliphatic rings. The third kappa shape index (κ3) is 7.57. The Morgan fingerprint density at radius 1 is 1.15 bits per heavy atom. The molecule has 1 N–H and O–H groups in total. The van der Waals surface area contributed by atoms with Gasteiger partial charge in [-0.2, -0.15) is 5.10 Å². The zero-order chi connectivity index (χ0) is 24.6. The number of hydrazone groups is 1. The Labute approximate surface area is 200 Å². The number of hydrogen-bond acceptors (Lipinski definition) is 8. The van der Waals surface area contributed by atoms with Crippen molar-refractivity contribution in [3.05, 3.63) is 35.9 Å². The van der Waals surface area contributed by atoms with Gasteiger partial charge in [0.05, 0.1) is 12.6 Å². The molecule has 1 aromatic rings. The first-order chi connectivity index (χ1) is 15.6. The fourth-order valence-corrected chi connectivity index (χ4v) is 4.26. The third-order valence-corrected chi connectivity index (χ3v) is 6.44. The number of hydrogen-bond donors (Lipinski definition) is 1. The average molecular weight is 478 g/mol. The van der Waals surface area contributed by atoms with Gasteiger partial charge in [0, 0.05) is 5.41 Å². The van der Waals surface area contributed by atoms with Crippen molar-refractivity contribution in [2.24, 2.45) is 10.5 Å². The van der Waals surface area contributed by atoms with Crippen LogP contribution >= 0.6 is 11.8 Å². The molecule has 33 heavy (non-hydrogen) atoms. The Hall–Kier alpha value is -2.39.